The second-order valence-corrected chi connectivity index (χ2v) is 9.09. The van der Waals surface area contributed by atoms with Gasteiger partial charge in [0.2, 0.25) is 5.91 Å². The number of nitrogens with one attached hydrogen (secondary N) is 1. The topological polar surface area (TPSA) is 152 Å². The van der Waals surface area contributed by atoms with Crippen molar-refractivity contribution >= 4 is 31.1 Å². The molecule has 2 aliphatic carbocycles. The van der Waals surface area contributed by atoms with Crippen LogP contribution in [0.5, 0.6) is 0 Å². The minimum absolute atomic E-state index is 0.0242. The van der Waals surface area contributed by atoms with Crippen molar-refractivity contribution in [3.63, 3.8) is 0 Å². The van der Waals surface area contributed by atoms with Crippen molar-refractivity contribution < 1.29 is 42.3 Å². The largest absolute Gasteiger partial charge is 0.462 e. The highest BCUT2D eigenvalue weighted by atomic mass is 31.2. The number of nitrogens with two attached hydrogens (primary N) is 1. The molecule has 0 atom stereocenters. The van der Waals surface area contributed by atoms with Crippen LogP contribution in [0.15, 0.2) is 24.3 Å². The Labute approximate surface area is 204 Å². The normalized spacial score (nSPS) is 11.3. The predicted octanol–water partition coefficient (Wildman–Crippen LogP) is 3.54. The van der Waals surface area contributed by atoms with Gasteiger partial charge in [-0.25, -0.2) is 15.1 Å². The first-order valence-electron chi connectivity index (χ1n) is 11.2. The lowest BCUT2D eigenvalue weighted by molar-refractivity contribution is -0.131. The lowest BCUT2D eigenvalue weighted by Gasteiger charge is -2.16. The second kappa shape index (κ2) is 13.2. The monoisotopic (exact) mass is 510 g/mol. The highest BCUT2D eigenvalue weighted by Gasteiger charge is 2.30. The molecule has 0 saturated heterocycles. The zero-order valence-corrected chi connectivity index (χ0v) is 21.1. The molecular formula is C23H31N2O9P. The smallest absolute Gasteiger partial charge is 0.358 e. The Morgan fingerprint density at radius 1 is 0.829 bits per heavy atom. The maximum absolute atomic E-state index is 12.6. The van der Waals surface area contributed by atoms with Gasteiger partial charge in [0.1, 0.15) is 0 Å². The molecule has 0 aromatic carbocycles. The number of fused-ring (bicyclic) bond motifs is 1. The van der Waals surface area contributed by atoms with E-state index in [1.54, 1.807) is 52.0 Å². The number of ether oxygens (including phenoxy) is 2. The van der Waals surface area contributed by atoms with E-state index in [0.717, 1.165) is 0 Å². The summed E-state index contributed by atoms with van der Waals surface area (Å²) in [6.07, 6.45) is -0.550. The van der Waals surface area contributed by atoms with Crippen molar-refractivity contribution in [2.24, 2.45) is 0 Å². The number of amides is 1. The van der Waals surface area contributed by atoms with E-state index in [0.29, 0.717) is 16.7 Å². The molecule has 11 nitrogen and oxygen atoms in total. The summed E-state index contributed by atoms with van der Waals surface area (Å²) in [5.74, 6) is -1.86. The van der Waals surface area contributed by atoms with Crippen LogP contribution < -0.4 is 11.2 Å². The average molecular weight is 510 g/mol. The van der Waals surface area contributed by atoms with E-state index in [2.05, 4.69) is 5.48 Å². The molecule has 0 spiro atoms. The van der Waals surface area contributed by atoms with Crippen molar-refractivity contribution in [2.75, 3.05) is 38.5 Å². The molecule has 0 heterocycles. The SMILES string of the molecule is CCOC(=O)c1c2ccc(CC(=O)NOCP(=O)(OCC)OCC)ccc-2c(C(=O)OCC)c1N. The first kappa shape index (κ1) is 28.3. The van der Waals surface area contributed by atoms with Crippen molar-refractivity contribution in [3.05, 3.63) is 41.0 Å². The van der Waals surface area contributed by atoms with Crippen molar-refractivity contribution in [2.45, 2.75) is 34.1 Å². The van der Waals surface area contributed by atoms with Crippen LogP contribution >= 0.6 is 7.60 Å². The summed E-state index contributed by atoms with van der Waals surface area (Å²) in [4.78, 5) is 42.5. The quantitative estimate of drug-likeness (QED) is 0.232. The van der Waals surface area contributed by atoms with Crippen LogP contribution in [0.2, 0.25) is 0 Å². The van der Waals surface area contributed by atoms with Crippen molar-refractivity contribution in [3.8, 4) is 11.1 Å². The van der Waals surface area contributed by atoms with Gasteiger partial charge in [-0.1, -0.05) is 24.3 Å². The Balaban J connectivity index is 2.27. The van der Waals surface area contributed by atoms with E-state index in [1.165, 1.54) is 0 Å². The molecule has 3 N–H and O–H groups in total. The Kier molecular flexibility index (Phi) is 10.7. The Morgan fingerprint density at radius 2 is 1.31 bits per heavy atom. The van der Waals surface area contributed by atoms with Crippen LogP contribution in [-0.2, 0) is 39.1 Å². The summed E-state index contributed by atoms with van der Waals surface area (Å²) in [7, 11) is -3.47. The number of hydrogen-bond acceptors (Lipinski definition) is 10. The molecule has 2 rings (SSSR count). The van der Waals surface area contributed by atoms with E-state index in [4.69, 9.17) is 29.1 Å². The van der Waals surface area contributed by atoms with Crippen LogP contribution in [0.3, 0.4) is 0 Å². The maximum atomic E-state index is 12.6. The van der Waals surface area contributed by atoms with Crippen LogP contribution in [0.4, 0.5) is 5.69 Å². The fraction of sp³-hybridized carbons (Fsp3) is 0.435. The number of rotatable bonds is 13. The van der Waals surface area contributed by atoms with Crippen LogP contribution in [0, 0.1) is 0 Å². The first-order chi connectivity index (χ1) is 16.7. The molecule has 1 amide bonds. The van der Waals surface area contributed by atoms with E-state index in [1.807, 2.05) is 0 Å². The summed E-state index contributed by atoms with van der Waals surface area (Å²) in [6.45, 7) is 7.23. The van der Waals surface area contributed by atoms with E-state index in [9.17, 15) is 18.9 Å². The molecule has 0 saturated carbocycles. The molecule has 35 heavy (non-hydrogen) atoms. The van der Waals surface area contributed by atoms with Gasteiger partial charge in [0.25, 0.3) is 0 Å². The van der Waals surface area contributed by atoms with E-state index < -0.39 is 31.8 Å². The first-order valence-corrected chi connectivity index (χ1v) is 12.9. The van der Waals surface area contributed by atoms with Crippen molar-refractivity contribution in [1.29, 1.82) is 0 Å². The lowest BCUT2D eigenvalue weighted by Crippen LogP contribution is -2.26. The molecule has 2 aliphatic rings. The molecule has 0 aliphatic heterocycles. The number of carbonyl (C=O) groups is 3. The van der Waals surface area contributed by atoms with Crippen molar-refractivity contribution in [1.82, 2.24) is 5.48 Å². The van der Waals surface area contributed by atoms with E-state index >= 15 is 0 Å². The third kappa shape index (κ3) is 7.25. The lowest BCUT2D eigenvalue weighted by atomic mass is 10.1. The zero-order valence-electron chi connectivity index (χ0n) is 20.3. The second-order valence-electron chi connectivity index (χ2n) is 7.10. The molecule has 0 bridgehead atoms. The number of hydrogen-bond donors (Lipinski definition) is 2. The zero-order chi connectivity index (χ0) is 26.0. The third-order valence-electron chi connectivity index (χ3n) is 4.68. The summed E-state index contributed by atoms with van der Waals surface area (Å²) >= 11 is 0. The fourth-order valence-electron chi connectivity index (χ4n) is 3.35. The highest BCUT2D eigenvalue weighted by Crippen LogP contribution is 2.47. The van der Waals surface area contributed by atoms with Gasteiger partial charge in [-0.3, -0.25) is 14.2 Å². The van der Waals surface area contributed by atoms with Gasteiger partial charge in [0, 0.05) is 0 Å². The van der Waals surface area contributed by atoms with Crippen LogP contribution in [0.1, 0.15) is 54.0 Å². The van der Waals surface area contributed by atoms with Gasteiger partial charge < -0.3 is 24.3 Å². The summed E-state index contributed by atoms with van der Waals surface area (Å²) in [5.41, 5.74) is 9.77. The fourth-order valence-corrected chi connectivity index (χ4v) is 4.58. The molecule has 0 unspecified atom stereocenters. The van der Waals surface area contributed by atoms with Crippen LogP contribution in [0.25, 0.3) is 11.1 Å². The summed E-state index contributed by atoms with van der Waals surface area (Å²) in [5, 5.41) is 0. The maximum Gasteiger partial charge on any atom is 0.358 e. The molecule has 0 aromatic heterocycles. The Hall–Kier alpha value is -2.98. The van der Waals surface area contributed by atoms with E-state index in [-0.39, 0.29) is 49.7 Å². The minimum Gasteiger partial charge on any atom is -0.462 e. The molecular weight excluding hydrogens is 479 g/mol. The minimum atomic E-state index is -3.47. The Bertz CT molecular complexity index is 1010. The number of hydroxylamine groups is 1. The number of esters is 2. The number of nitrogen functional groups attached to an aromatic ring is 1. The summed E-state index contributed by atoms with van der Waals surface area (Å²) in [6, 6.07) is 6.40. The number of carbonyl (C=O) groups excluding carboxylic acids is 3. The molecule has 0 radical (unpaired) electrons. The predicted molar refractivity (Wildman–Crippen MR) is 128 cm³/mol. The standard InChI is InChI=1S/C23H31N2O9P/c1-5-30-22(27)19-16-11-9-15(10-12-17(16)20(21(19)24)23(28)31-6-2)13-18(26)25-32-14-35(29,33-7-3)34-8-4/h9-12H,5-8,13-14,24H2,1-4H3,(H,25,26). The van der Waals surface area contributed by atoms with Crippen LogP contribution in [-0.4, -0.2) is 50.6 Å². The van der Waals surface area contributed by atoms with Gasteiger partial charge >= 0.3 is 19.5 Å². The van der Waals surface area contributed by atoms with Gasteiger partial charge in [-0.05, 0) is 44.4 Å². The van der Waals surface area contributed by atoms with Gasteiger partial charge in [0.05, 0.1) is 49.7 Å². The Morgan fingerprint density at radius 3 is 1.74 bits per heavy atom. The summed E-state index contributed by atoms with van der Waals surface area (Å²) < 4.78 is 32.8. The highest BCUT2D eigenvalue weighted by molar-refractivity contribution is 7.53. The molecule has 12 heteroatoms. The third-order valence-corrected chi connectivity index (χ3v) is 6.43. The van der Waals surface area contributed by atoms with Gasteiger partial charge in [-0.2, -0.15) is 0 Å². The van der Waals surface area contributed by atoms with Gasteiger partial charge in [0.15, 0.2) is 6.35 Å². The van der Waals surface area contributed by atoms with Gasteiger partial charge in [-0.15, -0.1) is 0 Å². The molecule has 0 aromatic rings. The molecule has 0 fully saturated rings. The molecule has 192 valence electrons. The number of anilines is 1. The average Bonchev–Trinajstić information content (AvgIpc) is 2.92.